The van der Waals surface area contributed by atoms with Gasteiger partial charge >= 0.3 is 6.09 Å². The van der Waals surface area contributed by atoms with Gasteiger partial charge in [0.25, 0.3) is 0 Å². The summed E-state index contributed by atoms with van der Waals surface area (Å²) in [6.45, 7) is 3.35. The first-order valence-corrected chi connectivity index (χ1v) is 14.0. The maximum atomic E-state index is 13.6. The molecular formula is C27H33N3O5S. The van der Waals surface area contributed by atoms with Crippen LogP contribution in [0.15, 0.2) is 59.2 Å². The number of likely N-dealkylation sites (tertiary alicyclic amines) is 1. The smallest absolute Gasteiger partial charge is 0.408 e. The van der Waals surface area contributed by atoms with Crippen molar-refractivity contribution in [3.8, 4) is 0 Å². The zero-order valence-corrected chi connectivity index (χ0v) is 21.4. The molecule has 9 heteroatoms. The summed E-state index contributed by atoms with van der Waals surface area (Å²) < 4.78 is 34.3. The summed E-state index contributed by atoms with van der Waals surface area (Å²) in [5, 5.41) is 9.71. The summed E-state index contributed by atoms with van der Waals surface area (Å²) in [5.74, 6) is 0.243. The fourth-order valence-corrected chi connectivity index (χ4v) is 7.41. The molecule has 3 heterocycles. The van der Waals surface area contributed by atoms with Crippen molar-refractivity contribution >= 4 is 27.1 Å². The lowest BCUT2D eigenvalue weighted by Gasteiger charge is -2.38. The highest BCUT2D eigenvalue weighted by Gasteiger charge is 2.42. The maximum Gasteiger partial charge on any atom is 0.408 e. The largest absolute Gasteiger partial charge is 0.465 e. The van der Waals surface area contributed by atoms with Crippen LogP contribution in [0.25, 0.3) is 11.0 Å². The van der Waals surface area contributed by atoms with Gasteiger partial charge in [-0.3, -0.25) is 4.90 Å². The molecule has 1 saturated heterocycles. The van der Waals surface area contributed by atoms with E-state index in [0.29, 0.717) is 18.5 Å². The Morgan fingerprint density at radius 2 is 1.81 bits per heavy atom. The van der Waals surface area contributed by atoms with Crippen LogP contribution >= 0.6 is 0 Å². The zero-order chi connectivity index (χ0) is 25.3. The lowest BCUT2D eigenvalue weighted by Crippen LogP contribution is -2.48. The van der Waals surface area contributed by atoms with Gasteiger partial charge in [0, 0.05) is 32.1 Å². The van der Waals surface area contributed by atoms with Crippen LogP contribution in [0.5, 0.6) is 0 Å². The van der Waals surface area contributed by atoms with E-state index in [4.69, 9.17) is 4.42 Å². The molecule has 2 aliphatic heterocycles. The molecule has 0 saturated carbocycles. The summed E-state index contributed by atoms with van der Waals surface area (Å²) in [5.41, 5.74) is 3.60. The third-order valence-corrected chi connectivity index (χ3v) is 9.76. The molecule has 5 rings (SSSR count). The van der Waals surface area contributed by atoms with Crippen LogP contribution in [-0.4, -0.2) is 73.5 Å². The molecule has 8 nitrogen and oxygen atoms in total. The van der Waals surface area contributed by atoms with E-state index in [1.54, 1.807) is 19.2 Å². The van der Waals surface area contributed by atoms with Crippen molar-refractivity contribution in [1.82, 2.24) is 14.1 Å². The Bertz CT molecular complexity index is 1330. The van der Waals surface area contributed by atoms with Crippen LogP contribution in [0.3, 0.4) is 0 Å². The Kier molecular flexibility index (Phi) is 7.05. The third-order valence-electron chi connectivity index (χ3n) is 7.67. The second kappa shape index (κ2) is 10.2. The van der Waals surface area contributed by atoms with Crippen molar-refractivity contribution in [2.24, 2.45) is 5.92 Å². The summed E-state index contributed by atoms with van der Waals surface area (Å²) in [6.07, 6.45) is 3.91. The first-order valence-electron chi connectivity index (χ1n) is 12.5. The van der Waals surface area contributed by atoms with E-state index in [0.717, 1.165) is 54.9 Å². The second-order valence-electron chi connectivity index (χ2n) is 9.89. The minimum atomic E-state index is -3.89. The highest BCUT2D eigenvalue weighted by atomic mass is 32.2. The number of fused-ring (bicyclic) bond motifs is 2. The monoisotopic (exact) mass is 511 g/mol. The molecule has 192 valence electrons. The van der Waals surface area contributed by atoms with Crippen molar-refractivity contribution in [3.63, 3.8) is 0 Å². The highest BCUT2D eigenvalue weighted by molar-refractivity contribution is 7.89. The molecule has 2 aliphatic rings. The lowest BCUT2D eigenvalue weighted by molar-refractivity contribution is 0.133. The summed E-state index contributed by atoms with van der Waals surface area (Å²) in [6, 6.07) is 15.3. The summed E-state index contributed by atoms with van der Waals surface area (Å²) >= 11 is 0. The molecule has 0 radical (unpaired) electrons. The van der Waals surface area contributed by atoms with Crippen LogP contribution in [0.1, 0.15) is 34.9 Å². The van der Waals surface area contributed by atoms with Gasteiger partial charge in [0.1, 0.15) is 5.58 Å². The number of nitrogens with zero attached hydrogens (tertiary/aromatic N) is 3. The topological polar surface area (TPSA) is 94.3 Å². The van der Waals surface area contributed by atoms with E-state index >= 15 is 0 Å². The average Bonchev–Trinajstić information content (AvgIpc) is 3.30. The van der Waals surface area contributed by atoms with Crippen molar-refractivity contribution in [1.29, 1.82) is 0 Å². The van der Waals surface area contributed by atoms with Crippen LogP contribution in [0.4, 0.5) is 4.79 Å². The standard InChI is InChI=1S/C27H33N3O5S/c1-28(36(33,34)26-24-8-3-2-6-21(24)13-17-30(26)27(31)32)18-20-10-14-29(15-11-20)16-12-22-19-35-25-9-5-4-7-23(22)25/h2-9,19-20,26H,10-18H2,1H3,(H,31,32). The van der Waals surface area contributed by atoms with Crippen molar-refractivity contribution in [2.45, 2.75) is 31.1 Å². The van der Waals surface area contributed by atoms with Crippen molar-refractivity contribution in [3.05, 3.63) is 71.5 Å². The Hall–Kier alpha value is -2.88. The van der Waals surface area contributed by atoms with E-state index in [1.807, 2.05) is 36.6 Å². The van der Waals surface area contributed by atoms with Gasteiger partial charge in [0.15, 0.2) is 5.37 Å². The Balaban J connectivity index is 1.19. The van der Waals surface area contributed by atoms with Gasteiger partial charge < -0.3 is 14.4 Å². The highest BCUT2D eigenvalue weighted by Crippen LogP contribution is 2.36. The molecule has 2 aromatic carbocycles. The van der Waals surface area contributed by atoms with Crippen molar-refractivity contribution < 1.29 is 22.7 Å². The minimum absolute atomic E-state index is 0.175. The van der Waals surface area contributed by atoms with Gasteiger partial charge in [-0.25, -0.2) is 17.5 Å². The number of carbonyl (C=O) groups is 1. The predicted molar refractivity (Wildman–Crippen MR) is 138 cm³/mol. The van der Waals surface area contributed by atoms with Crippen LogP contribution in [0, 0.1) is 5.92 Å². The van der Waals surface area contributed by atoms with E-state index in [9.17, 15) is 18.3 Å². The molecule has 0 aliphatic carbocycles. The molecule has 0 bridgehead atoms. The van der Waals surface area contributed by atoms with Gasteiger partial charge in [-0.1, -0.05) is 42.5 Å². The minimum Gasteiger partial charge on any atom is -0.465 e. The number of amides is 1. The molecule has 1 fully saturated rings. The van der Waals surface area contributed by atoms with Gasteiger partial charge in [-0.05, 0) is 67.4 Å². The maximum absolute atomic E-state index is 13.6. The average molecular weight is 512 g/mol. The van der Waals surface area contributed by atoms with E-state index in [-0.39, 0.29) is 12.5 Å². The molecule has 1 amide bonds. The number of benzene rings is 2. The SMILES string of the molecule is CN(CC1CCN(CCc2coc3ccccc23)CC1)S(=O)(=O)C1c2ccccc2CCN1C(=O)O. The molecule has 1 atom stereocenters. The quantitative estimate of drug-likeness (QED) is 0.511. The molecule has 1 aromatic heterocycles. The predicted octanol–water partition coefficient (Wildman–Crippen LogP) is 4.18. The Morgan fingerprint density at radius 3 is 2.58 bits per heavy atom. The summed E-state index contributed by atoms with van der Waals surface area (Å²) in [7, 11) is -2.30. The van der Waals surface area contributed by atoms with Gasteiger partial charge in [-0.2, -0.15) is 0 Å². The number of furan rings is 1. The number of para-hydroxylation sites is 1. The molecule has 36 heavy (non-hydrogen) atoms. The van der Waals surface area contributed by atoms with Gasteiger partial charge in [0.2, 0.25) is 10.0 Å². The zero-order valence-electron chi connectivity index (χ0n) is 20.5. The normalized spacial score (nSPS) is 19.6. The number of hydrogen-bond donors (Lipinski definition) is 1. The number of carboxylic acid groups (broad SMARTS) is 1. The lowest BCUT2D eigenvalue weighted by atomic mass is 9.96. The summed E-state index contributed by atoms with van der Waals surface area (Å²) in [4.78, 5) is 15.4. The van der Waals surface area contributed by atoms with E-state index < -0.39 is 21.5 Å². The fraction of sp³-hybridized carbons (Fsp3) is 0.444. The fourth-order valence-electron chi connectivity index (χ4n) is 5.58. The number of rotatable bonds is 7. The molecular weight excluding hydrogens is 478 g/mol. The van der Waals surface area contributed by atoms with Crippen LogP contribution in [-0.2, 0) is 22.9 Å². The molecule has 0 spiro atoms. The van der Waals surface area contributed by atoms with Gasteiger partial charge in [-0.15, -0.1) is 0 Å². The number of hydrogen-bond acceptors (Lipinski definition) is 5. The Labute approximate surface area is 212 Å². The van der Waals surface area contributed by atoms with E-state index in [2.05, 4.69) is 11.0 Å². The molecule has 1 unspecified atom stereocenters. The third kappa shape index (κ3) is 4.87. The Morgan fingerprint density at radius 1 is 1.08 bits per heavy atom. The second-order valence-corrected chi connectivity index (χ2v) is 12.0. The number of sulfonamides is 1. The number of piperidine rings is 1. The molecule has 3 aromatic rings. The molecule has 1 N–H and O–H groups in total. The van der Waals surface area contributed by atoms with Crippen LogP contribution in [0.2, 0.25) is 0 Å². The first-order chi connectivity index (χ1) is 17.3. The van der Waals surface area contributed by atoms with Crippen molar-refractivity contribution in [2.75, 3.05) is 39.8 Å². The van der Waals surface area contributed by atoms with Gasteiger partial charge in [0.05, 0.1) is 6.26 Å². The first kappa shape index (κ1) is 24.8. The van der Waals surface area contributed by atoms with E-state index in [1.165, 1.54) is 15.3 Å². The van der Waals surface area contributed by atoms with Crippen LogP contribution < -0.4 is 0 Å².